The molecule has 0 atom stereocenters. The van der Waals surface area contributed by atoms with Gasteiger partial charge in [0.1, 0.15) is 5.75 Å². The highest BCUT2D eigenvalue weighted by atomic mass is 16.5. The Hall–Kier alpha value is -3.32. The number of amides is 1. The lowest BCUT2D eigenvalue weighted by atomic mass is 10.1. The number of benzene rings is 2. The molecular weight excluding hydrogens is 378 g/mol. The average Bonchev–Trinajstić information content (AvgIpc) is 3.30. The van der Waals surface area contributed by atoms with Crippen molar-refractivity contribution < 1.29 is 9.53 Å². The number of hydrogen-bond donors (Lipinski definition) is 2. The molecule has 1 amide bonds. The molecule has 4 rings (SSSR count). The molecule has 30 heavy (non-hydrogen) atoms. The fourth-order valence-corrected chi connectivity index (χ4v) is 3.66. The normalized spacial score (nSPS) is 14.5. The van der Waals surface area contributed by atoms with Gasteiger partial charge in [-0.15, -0.1) is 0 Å². The van der Waals surface area contributed by atoms with Gasteiger partial charge in [-0.3, -0.25) is 9.89 Å². The van der Waals surface area contributed by atoms with Gasteiger partial charge in [-0.1, -0.05) is 18.2 Å². The third kappa shape index (κ3) is 4.63. The predicted molar refractivity (Wildman–Crippen MR) is 119 cm³/mol. The maximum atomic E-state index is 12.8. The number of ether oxygens (including phenoxy) is 1. The molecule has 0 unspecified atom stereocenters. The largest absolute Gasteiger partial charge is 0.497 e. The van der Waals surface area contributed by atoms with Crippen molar-refractivity contribution in [1.82, 2.24) is 15.1 Å². The number of rotatable bonds is 6. The van der Waals surface area contributed by atoms with Crippen molar-refractivity contribution in [1.29, 1.82) is 0 Å². The van der Waals surface area contributed by atoms with E-state index < -0.39 is 0 Å². The summed E-state index contributed by atoms with van der Waals surface area (Å²) in [6.45, 7) is 3.84. The topological polar surface area (TPSA) is 73.5 Å². The zero-order chi connectivity index (χ0) is 20.9. The van der Waals surface area contributed by atoms with Gasteiger partial charge in [0.15, 0.2) is 0 Å². The van der Waals surface area contributed by atoms with Crippen LogP contribution in [0.1, 0.15) is 5.56 Å². The molecule has 2 heterocycles. The molecule has 0 saturated carbocycles. The zero-order valence-electron chi connectivity index (χ0n) is 17.4. The number of methoxy groups -OCH3 is 1. The molecular formula is C23H27N5O2. The molecule has 1 fully saturated rings. The van der Waals surface area contributed by atoms with Crippen LogP contribution in [-0.2, 0) is 11.2 Å². The number of anilines is 2. The summed E-state index contributed by atoms with van der Waals surface area (Å²) in [6, 6.07) is 13.7. The average molecular weight is 406 g/mol. The van der Waals surface area contributed by atoms with Gasteiger partial charge in [0.05, 0.1) is 31.1 Å². The van der Waals surface area contributed by atoms with Gasteiger partial charge in [0.2, 0.25) is 5.91 Å². The molecule has 1 aromatic heterocycles. The van der Waals surface area contributed by atoms with Crippen molar-refractivity contribution >= 4 is 17.3 Å². The van der Waals surface area contributed by atoms with Crippen LogP contribution in [0, 0.1) is 0 Å². The Kier molecular flexibility index (Phi) is 5.99. The molecule has 7 nitrogen and oxygen atoms in total. The van der Waals surface area contributed by atoms with E-state index in [0.717, 1.165) is 60.0 Å². The van der Waals surface area contributed by atoms with Crippen molar-refractivity contribution in [2.75, 3.05) is 50.6 Å². The van der Waals surface area contributed by atoms with Crippen LogP contribution in [0.4, 0.5) is 11.4 Å². The van der Waals surface area contributed by atoms with Crippen LogP contribution in [0.2, 0.25) is 0 Å². The quantitative estimate of drug-likeness (QED) is 0.660. The molecule has 0 bridgehead atoms. The number of nitrogens with one attached hydrogen (secondary N) is 2. The van der Waals surface area contributed by atoms with Crippen LogP contribution in [0.15, 0.2) is 54.9 Å². The predicted octanol–water partition coefficient (Wildman–Crippen LogP) is 3.02. The number of H-pyrrole nitrogens is 1. The van der Waals surface area contributed by atoms with Crippen molar-refractivity contribution in [3.05, 3.63) is 60.4 Å². The van der Waals surface area contributed by atoms with E-state index in [1.54, 1.807) is 7.11 Å². The van der Waals surface area contributed by atoms with Crippen LogP contribution >= 0.6 is 0 Å². The van der Waals surface area contributed by atoms with Crippen molar-refractivity contribution in [3.8, 4) is 16.9 Å². The fourth-order valence-electron chi connectivity index (χ4n) is 3.66. The molecule has 0 aliphatic carbocycles. The summed E-state index contributed by atoms with van der Waals surface area (Å²) in [7, 11) is 3.77. The van der Waals surface area contributed by atoms with Crippen molar-refractivity contribution in [2.24, 2.45) is 0 Å². The number of aromatic amines is 1. The Morgan fingerprint density at radius 1 is 1.10 bits per heavy atom. The van der Waals surface area contributed by atoms with Crippen molar-refractivity contribution in [3.63, 3.8) is 0 Å². The standard InChI is InChI=1S/C23H27N5O2/c1-27-9-11-28(12-10-27)22-14-18(19-15-24-25-16-19)5-8-21(22)26-23(29)13-17-3-6-20(30-2)7-4-17/h3-8,14-16H,9-13H2,1-2H3,(H,24,25)(H,26,29). The summed E-state index contributed by atoms with van der Waals surface area (Å²) in [4.78, 5) is 17.4. The number of aromatic nitrogens is 2. The lowest BCUT2D eigenvalue weighted by Crippen LogP contribution is -2.44. The summed E-state index contributed by atoms with van der Waals surface area (Å²) in [5.41, 5.74) is 4.94. The second-order valence-corrected chi connectivity index (χ2v) is 7.58. The van der Waals surface area contributed by atoms with Crippen LogP contribution < -0.4 is 15.0 Å². The number of piperazine rings is 1. The number of carbonyl (C=O) groups is 1. The lowest BCUT2D eigenvalue weighted by Gasteiger charge is -2.35. The maximum absolute atomic E-state index is 12.8. The minimum atomic E-state index is -0.0356. The van der Waals surface area contributed by atoms with Crippen LogP contribution in [0.3, 0.4) is 0 Å². The Morgan fingerprint density at radius 3 is 2.53 bits per heavy atom. The van der Waals surface area contributed by atoms with E-state index in [1.807, 2.05) is 48.8 Å². The second kappa shape index (κ2) is 9.00. The summed E-state index contributed by atoms with van der Waals surface area (Å²) >= 11 is 0. The third-order valence-corrected chi connectivity index (χ3v) is 5.47. The van der Waals surface area contributed by atoms with Crippen LogP contribution in [0.5, 0.6) is 5.75 Å². The second-order valence-electron chi connectivity index (χ2n) is 7.58. The summed E-state index contributed by atoms with van der Waals surface area (Å²) in [5, 5.41) is 10.0. The van der Waals surface area contributed by atoms with E-state index in [0.29, 0.717) is 6.42 Å². The SMILES string of the molecule is COc1ccc(CC(=O)Nc2ccc(-c3cn[nH]c3)cc2N2CCN(C)CC2)cc1. The van der Waals surface area contributed by atoms with Gasteiger partial charge in [-0.2, -0.15) is 5.10 Å². The first-order valence-electron chi connectivity index (χ1n) is 10.1. The van der Waals surface area contributed by atoms with E-state index >= 15 is 0 Å². The van der Waals surface area contributed by atoms with E-state index in [9.17, 15) is 4.79 Å². The highest BCUT2D eigenvalue weighted by Gasteiger charge is 2.19. The lowest BCUT2D eigenvalue weighted by molar-refractivity contribution is -0.115. The molecule has 156 valence electrons. The van der Waals surface area contributed by atoms with Gasteiger partial charge in [0.25, 0.3) is 0 Å². The van der Waals surface area contributed by atoms with Gasteiger partial charge >= 0.3 is 0 Å². The number of carbonyl (C=O) groups excluding carboxylic acids is 1. The van der Waals surface area contributed by atoms with Gasteiger partial charge in [-0.05, 0) is 42.4 Å². The first-order chi connectivity index (χ1) is 14.6. The summed E-state index contributed by atoms with van der Waals surface area (Å²) < 4.78 is 5.19. The van der Waals surface area contributed by atoms with Gasteiger partial charge < -0.3 is 19.9 Å². The monoisotopic (exact) mass is 405 g/mol. The smallest absolute Gasteiger partial charge is 0.228 e. The third-order valence-electron chi connectivity index (χ3n) is 5.47. The number of nitrogens with zero attached hydrogens (tertiary/aromatic N) is 3. The van der Waals surface area contributed by atoms with E-state index in [1.165, 1.54) is 0 Å². The first kappa shape index (κ1) is 20.0. The molecule has 1 aliphatic rings. The molecule has 7 heteroatoms. The van der Waals surface area contributed by atoms with Gasteiger partial charge in [0, 0.05) is 37.9 Å². The van der Waals surface area contributed by atoms with Crippen molar-refractivity contribution in [2.45, 2.75) is 6.42 Å². The molecule has 1 aliphatic heterocycles. The van der Waals surface area contributed by atoms with Gasteiger partial charge in [-0.25, -0.2) is 0 Å². The summed E-state index contributed by atoms with van der Waals surface area (Å²) in [6.07, 6.45) is 4.01. The molecule has 1 saturated heterocycles. The molecule has 3 aromatic rings. The highest BCUT2D eigenvalue weighted by molar-refractivity contribution is 5.96. The Bertz CT molecular complexity index is 977. The molecule has 0 radical (unpaired) electrons. The Morgan fingerprint density at radius 2 is 1.87 bits per heavy atom. The highest BCUT2D eigenvalue weighted by Crippen LogP contribution is 2.32. The van der Waals surface area contributed by atoms with Crippen LogP contribution in [-0.4, -0.2) is 61.3 Å². The minimum Gasteiger partial charge on any atom is -0.497 e. The fraction of sp³-hybridized carbons (Fsp3) is 0.304. The Labute approximate surface area is 176 Å². The van der Waals surface area contributed by atoms with E-state index in [-0.39, 0.29) is 5.91 Å². The number of hydrogen-bond acceptors (Lipinski definition) is 5. The molecule has 2 N–H and O–H groups in total. The molecule has 0 spiro atoms. The first-order valence-corrected chi connectivity index (χ1v) is 10.1. The minimum absolute atomic E-state index is 0.0356. The van der Waals surface area contributed by atoms with Crippen LogP contribution in [0.25, 0.3) is 11.1 Å². The number of likely N-dealkylation sites (N-methyl/N-ethyl adjacent to an activating group) is 1. The van der Waals surface area contributed by atoms with E-state index in [4.69, 9.17) is 4.74 Å². The summed E-state index contributed by atoms with van der Waals surface area (Å²) in [5.74, 6) is 0.748. The maximum Gasteiger partial charge on any atom is 0.228 e. The van der Waals surface area contributed by atoms with E-state index in [2.05, 4.69) is 38.4 Å². The Balaban J connectivity index is 1.55. The zero-order valence-corrected chi connectivity index (χ0v) is 17.4. The molecule has 2 aromatic carbocycles.